The molecule has 0 saturated heterocycles. The molecule has 0 unspecified atom stereocenters. The molecule has 0 heterocycles. The number of hydrogen-bond donors (Lipinski definition) is 1. The Balaban J connectivity index is 1.77. The minimum Gasteiger partial charge on any atom is -0.493 e. The molecule has 35 heavy (non-hydrogen) atoms. The van der Waals surface area contributed by atoms with Gasteiger partial charge in [-0.25, -0.2) is 9.18 Å². The predicted octanol–water partition coefficient (Wildman–Crippen LogP) is 7.45. The zero-order valence-corrected chi connectivity index (χ0v) is 23.1. The van der Waals surface area contributed by atoms with Gasteiger partial charge in [-0.1, -0.05) is 38.8 Å². The molecule has 0 fully saturated rings. The fourth-order valence-corrected chi connectivity index (χ4v) is 4.39. The molecule has 0 spiro atoms. The first-order valence-corrected chi connectivity index (χ1v) is 12.5. The smallest absolute Gasteiger partial charge is 0.317 e. The van der Waals surface area contributed by atoms with Gasteiger partial charge in [0, 0.05) is 21.6 Å². The van der Waals surface area contributed by atoms with Crippen LogP contribution in [0.2, 0.25) is 0 Å². The highest BCUT2D eigenvalue weighted by molar-refractivity contribution is 9.10. The van der Waals surface area contributed by atoms with Gasteiger partial charge in [0.05, 0.1) is 26.8 Å². The summed E-state index contributed by atoms with van der Waals surface area (Å²) >= 11 is 6.96. The first-order chi connectivity index (χ1) is 16.7. The number of hydrogen-bond acceptors (Lipinski definition) is 4. The van der Waals surface area contributed by atoms with Crippen molar-refractivity contribution < 1.29 is 23.4 Å². The minimum absolute atomic E-state index is 0.152. The third-order valence-electron chi connectivity index (χ3n) is 5.40. The SMILES string of the molecule is CC[C@H](NC(=O)N(C)Cc1cc(F)ccc1Oc1ccc(Br)cc1)c1cc(OC)c(OC)cc1Br. The first-order valence-electron chi connectivity index (χ1n) is 10.9. The van der Waals surface area contributed by atoms with Gasteiger partial charge in [0.1, 0.15) is 17.3 Å². The number of nitrogens with zero attached hydrogens (tertiary/aromatic N) is 1. The topological polar surface area (TPSA) is 60.0 Å². The van der Waals surface area contributed by atoms with E-state index in [0.717, 1.165) is 14.5 Å². The van der Waals surface area contributed by atoms with Crippen LogP contribution in [0.5, 0.6) is 23.0 Å². The maximum absolute atomic E-state index is 14.0. The number of carbonyl (C=O) groups excluding carboxylic acids is 1. The molecule has 2 amide bonds. The molecule has 1 N–H and O–H groups in total. The molecule has 0 bridgehead atoms. The molecule has 3 aromatic carbocycles. The lowest BCUT2D eigenvalue weighted by atomic mass is 10.0. The lowest BCUT2D eigenvalue weighted by Crippen LogP contribution is -2.39. The van der Waals surface area contributed by atoms with Crippen LogP contribution >= 0.6 is 31.9 Å². The molecule has 0 aliphatic heterocycles. The van der Waals surface area contributed by atoms with Crippen LogP contribution in [-0.2, 0) is 6.54 Å². The zero-order chi connectivity index (χ0) is 25.5. The molecule has 0 aliphatic rings. The maximum Gasteiger partial charge on any atom is 0.317 e. The highest BCUT2D eigenvalue weighted by Gasteiger charge is 2.21. The van der Waals surface area contributed by atoms with Crippen LogP contribution in [0.4, 0.5) is 9.18 Å². The number of urea groups is 1. The summed E-state index contributed by atoms with van der Waals surface area (Å²) < 4.78 is 32.5. The molecular weight excluding hydrogens is 583 g/mol. The third kappa shape index (κ3) is 6.89. The summed E-state index contributed by atoms with van der Waals surface area (Å²) in [5.74, 6) is 1.84. The summed E-state index contributed by atoms with van der Waals surface area (Å²) in [7, 11) is 4.79. The first kappa shape index (κ1) is 26.8. The zero-order valence-electron chi connectivity index (χ0n) is 19.9. The Morgan fingerprint density at radius 3 is 2.29 bits per heavy atom. The molecule has 3 rings (SSSR count). The monoisotopic (exact) mass is 608 g/mol. The van der Waals surface area contributed by atoms with Crippen molar-refractivity contribution >= 4 is 37.9 Å². The molecule has 0 aliphatic carbocycles. The summed E-state index contributed by atoms with van der Waals surface area (Å²) in [6, 6.07) is 14.7. The number of amides is 2. The van der Waals surface area contributed by atoms with Crippen LogP contribution in [0.1, 0.15) is 30.5 Å². The van der Waals surface area contributed by atoms with E-state index in [0.29, 0.717) is 35.0 Å². The van der Waals surface area contributed by atoms with Crippen LogP contribution in [0.3, 0.4) is 0 Å². The van der Waals surface area contributed by atoms with Gasteiger partial charge in [0.25, 0.3) is 0 Å². The minimum atomic E-state index is -0.405. The van der Waals surface area contributed by atoms with E-state index < -0.39 is 5.82 Å². The van der Waals surface area contributed by atoms with Gasteiger partial charge in [-0.2, -0.15) is 0 Å². The van der Waals surface area contributed by atoms with Gasteiger partial charge < -0.3 is 24.4 Å². The van der Waals surface area contributed by atoms with E-state index in [9.17, 15) is 9.18 Å². The van der Waals surface area contributed by atoms with Crippen molar-refractivity contribution in [3.63, 3.8) is 0 Å². The fourth-order valence-electron chi connectivity index (χ4n) is 3.52. The van der Waals surface area contributed by atoms with Gasteiger partial charge >= 0.3 is 6.03 Å². The largest absolute Gasteiger partial charge is 0.493 e. The number of ether oxygens (including phenoxy) is 3. The summed E-state index contributed by atoms with van der Waals surface area (Å²) in [5, 5.41) is 3.04. The van der Waals surface area contributed by atoms with E-state index in [4.69, 9.17) is 14.2 Å². The van der Waals surface area contributed by atoms with Crippen molar-refractivity contribution in [2.75, 3.05) is 21.3 Å². The van der Waals surface area contributed by atoms with Crippen molar-refractivity contribution in [2.24, 2.45) is 0 Å². The van der Waals surface area contributed by atoms with Crippen LogP contribution in [-0.4, -0.2) is 32.2 Å². The van der Waals surface area contributed by atoms with E-state index in [1.165, 1.54) is 17.0 Å². The Bertz CT molecular complexity index is 1170. The number of rotatable bonds is 9. The highest BCUT2D eigenvalue weighted by atomic mass is 79.9. The second-order valence-corrected chi connectivity index (χ2v) is 9.57. The van der Waals surface area contributed by atoms with Gasteiger partial charge in [-0.3, -0.25) is 0 Å². The van der Waals surface area contributed by atoms with Crippen molar-refractivity contribution in [1.82, 2.24) is 10.2 Å². The number of methoxy groups -OCH3 is 2. The molecule has 3 aromatic rings. The average Bonchev–Trinajstić information content (AvgIpc) is 2.85. The van der Waals surface area contributed by atoms with Crippen molar-refractivity contribution in [3.8, 4) is 23.0 Å². The normalized spacial score (nSPS) is 11.5. The number of halogens is 3. The van der Waals surface area contributed by atoms with E-state index in [1.54, 1.807) is 39.5 Å². The average molecular weight is 610 g/mol. The van der Waals surface area contributed by atoms with Gasteiger partial charge in [-0.15, -0.1) is 0 Å². The number of nitrogens with one attached hydrogen (secondary N) is 1. The quantitative estimate of drug-likeness (QED) is 0.274. The molecule has 6 nitrogen and oxygen atoms in total. The fraction of sp³-hybridized carbons (Fsp3) is 0.269. The Hall–Kier alpha value is -2.78. The molecule has 0 saturated carbocycles. The Morgan fingerprint density at radius 1 is 1.00 bits per heavy atom. The Labute approximate surface area is 221 Å². The van der Waals surface area contributed by atoms with Crippen LogP contribution in [0, 0.1) is 5.82 Å². The number of benzene rings is 3. The van der Waals surface area contributed by atoms with Crippen LogP contribution in [0.15, 0.2) is 63.5 Å². The number of carbonyl (C=O) groups is 1. The predicted molar refractivity (Wildman–Crippen MR) is 141 cm³/mol. The summed E-state index contributed by atoms with van der Waals surface area (Å²) in [5.41, 5.74) is 1.41. The molecule has 0 radical (unpaired) electrons. The second kappa shape index (κ2) is 12.3. The second-order valence-electron chi connectivity index (χ2n) is 7.80. The molecule has 0 aromatic heterocycles. The molecule has 1 atom stereocenters. The van der Waals surface area contributed by atoms with Crippen molar-refractivity contribution in [1.29, 1.82) is 0 Å². The van der Waals surface area contributed by atoms with Gasteiger partial charge in [-0.05, 0) is 66.6 Å². The van der Waals surface area contributed by atoms with Gasteiger partial charge in [0.15, 0.2) is 11.5 Å². The van der Waals surface area contributed by atoms with Crippen LogP contribution < -0.4 is 19.5 Å². The van der Waals surface area contributed by atoms with E-state index in [1.807, 2.05) is 31.2 Å². The van der Waals surface area contributed by atoms with Crippen molar-refractivity contribution in [2.45, 2.75) is 25.9 Å². The lowest BCUT2D eigenvalue weighted by Gasteiger charge is -2.25. The third-order valence-corrected chi connectivity index (χ3v) is 6.62. The standard InChI is InChI=1S/C26H27Br2FN2O4/c1-5-22(20-13-24(33-3)25(34-4)14-21(20)28)30-26(32)31(2)15-16-12-18(29)8-11-23(16)35-19-9-6-17(27)7-10-19/h6-14,22H,5,15H2,1-4H3,(H,30,32)/t22-/m0/s1. The van der Waals surface area contributed by atoms with E-state index in [2.05, 4.69) is 37.2 Å². The molecule has 186 valence electrons. The lowest BCUT2D eigenvalue weighted by molar-refractivity contribution is 0.201. The summed E-state index contributed by atoms with van der Waals surface area (Å²) in [4.78, 5) is 14.6. The molecular formula is C26H27Br2FN2O4. The Morgan fingerprint density at radius 2 is 1.66 bits per heavy atom. The van der Waals surface area contributed by atoms with E-state index in [-0.39, 0.29) is 18.6 Å². The van der Waals surface area contributed by atoms with Crippen LogP contribution in [0.25, 0.3) is 0 Å². The maximum atomic E-state index is 14.0. The summed E-state index contributed by atoms with van der Waals surface area (Å²) in [6.45, 7) is 2.13. The molecule has 9 heteroatoms. The van der Waals surface area contributed by atoms with E-state index >= 15 is 0 Å². The highest BCUT2D eigenvalue weighted by Crippen LogP contribution is 2.37. The van der Waals surface area contributed by atoms with Gasteiger partial charge in [0.2, 0.25) is 0 Å². The van der Waals surface area contributed by atoms with Crippen molar-refractivity contribution in [3.05, 3.63) is 80.5 Å². The summed E-state index contributed by atoms with van der Waals surface area (Å²) in [6.07, 6.45) is 0.644. The Kier molecular flexibility index (Phi) is 9.40.